The normalized spacial score (nSPS) is 18.1. The topological polar surface area (TPSA) is 33.1 Å². The van der Waals surface area contributed by atoms with Crippen LogP contribution in [0.2, 0.25) is 0 Å². The first-order valence-corrected chi connectivity index (χ1v) is 7.63. The summed E-state index contributed by atoms with van der Waals surface area (Å²) in [6.45, 7) is 9.92. The molecule has 0 saturated carbocycles. The molecule has 1 saturated heterocycles. The molecule has 0 atom stereocenters. The second-order valence-corrected chi connectivity index (χ2v) is 5.70. The molecule has 1 aromatic rings. The van der Waals surface area contributed by atoms with Gasteiger partial charge in [-0.2, -0.15) is 5.10 Å². The molecular weight excluding hydrogens is 236 g/mol. The minimum atomic E-state index is 0.918. The predicted molar refractivity (Wildman–Crippen MR) is 79.2 cm³/mol. The van der Waals surface area contributed by atoms with Crippen molar-refractivity contribution in [1.29, 1.82) is 0 Å². The Hall–Kier alpha value is -0.870. The van der Waals surface area contributed by atoms with E-state index in [1.165, 1.54) is 38.0 Å². The zero-order valence-corrected chi connectivity index (χ0v) is 12.7. The Morgan fingerprint density at radius 1 is 1.37 bits per heavy atom. The molecule has 1 aliphatic rings. The molecule has 0 amide bonds. The van der Waals surface area contributed by atoms with Crippen LogP contribution in [0.25, 0.3) is 0 Å². The van der Waals surface area contributed by atoms with E-state index in [-0.39, 0.29) is 0 Å². The summed E-state index contributed by atoms with van der Waals surface area (Å²) in [5.41, 5.74) is 2.51. The monoisotopic (exact) mass is 264 g/mol. The largest absolute Gasteiger partial charge is 0.320 e. The molecule has 19 heavy (non-hydrogen) atoms. The quantitative estimate of drug-likeness (QED) is 0.853. The van der Waals surface area contributed by atoms with Gasteiger partial charge < -0.3 is 5.32 Å². The first-order chi connectivity index (χ1) is 9.22. The van der Waals surface area contributed by atoms with Crippen LogP contribution in [0.4, 0.5) is 0 Å². The fourth-order valence-corrected chi connectivity index (χ4v) is 3.01. The lowest BCUT2D eigenvalue weighted by molar-refractivity contribution is 0.168. The highest BCUT2D eigenvalue weighted by Gasteiger charge is 2.19. The summed E-state index contributed by atoms with van der Waals surface area (Å²) in [6.07, 6.45) is 4.03. The van der Waals surface area contributed by atoms with Crippen LogP contribution >= 0.6 is 0 Å². The van der Waals surface area contributed by atoms with Gasteiger partial charge in [0.15, 0.2) is 0 Å². The Kier molecular flexibility index (Phi) is 5.40. The van der Waals surface area contributed by atoms with E-state index in [1.807, 2.05) is 7.05 Å². The summed E-state index contributed by atoms with van der Waals surface area (Å²) in [7, 11) is 2.05. The van der Waals surface area contributed by atoms with Gasteiger partial charge in [0.25, 0.3) is 0 Å². The summed E-state index contributed by atoms with van der Waals surface area (Å²) in [6, 6.07) is 2.23. The minimum absolute atomic E-state index is 0.918. The lowest BCUT2D eigenvalue weighted by Gasteiger charge is -2.31. The van der Waals surface area contributed by atoms with Gasteiger partial charge in [-0.15, -0.1) is 0 Å². The van der Waals surface area contributed by atoms with E-state index in [0.717, 1.165) is 31.2 Å². The van der Waals surface area contributed by atoms with Gasteiger partial charge in [-0.25, -0.2) is 0 Å². The second-order valence-electron chi connectivity index (χ2n) is 5.70. The van der Waals surface area contributed by atoms with Gasteiger partial charge >= 0.3 is 0 Å². The fourth-order valence-electron chi connectivity index (χ4n) is 3.01. The number of hydrogen-bond donors (Lipinski definition) is 1. The number of nitrogens with one attached hydrogen (secondary N) is 1. The first-order valence-electron chi connectivity index (χ1n) is 7.63. The minimum Gasteiger partial charge on any atom is -0.320 e. The molecule has 0 bridgehead atoms. The van der Waals surface area contributed by atoms with Crippen molar-refractivity contribution in [3.8, 4) is 0 Å². The summed E-state index contributed by atoms with van der Waals surface area (Å²) in [4.78, 5) is 2.58. The average molecular weight is 264 g/mol. The number of nitrogens with zero attached hydrogens (tertiary/aromatic N) is 3. The molecule has 0 unspecified atom stereocenters. The van der Waals surface area contributed by atoms with Crippen LogP contribution in [-0.4, -0.2) is 41.4 Å². The van der Waals surface area contributed by atoms with E-state index in [9.17, 15) is 0 Å². The van der Waals surface area contributed by atoms with Gasteiger partial charge in [0.05, 0.1) is 11.4 Å². The lowest BCUT2D eigenvalue weighted by atomic mass is 9.93. The van der Waals surface area contributed by atoms with Crippen molar-refractivity contribution in [1.82, 2.24) is 20.0 Å². The molecule has 1 N–H and O–H groups in total. The maximum Gasteiger partial charge on any atom is 0.0597 e. The highest BCUT2D eigenvalue weighted by Crippen LogP contribution is 2.21. The molecule has 4 nitrogen and oxygen atoms in total. The summed E-state index contributed by atoms with van der Waals surface area (Å²) in [5.74, 6) is 0.918. The van der Waals surface area contributed by atoms with Crippen LogP contribution in [-0.2, 0) is 13.1 Å². The predicted octanol–water partition coefficient (Wildman–Crippen LogP) is 2.03. The van der Waals surface area contributed by atoms with E-state index < -0.39 is 0 Å². The molecule has 1 aliphatic heterocycles. The molecular formula is C15H28N4. The Labute approximate surface area is 117 Å². The molecule has 4 heteroatoms. The fraction of sp³-hybridized carbons (Fsp3) is 0.800. The van der Waals surface area contributed by atoms with Crippen molar-refractivity contribution in [2.24, 2.45) is 5.92 Å². The van der Waals surface area contributed by atoms with E-state index in [1.54, 1.807) is 0 Å². The first kappa shape index (κ1) is 14.5. The maximum absolute atomic E-state index is 4.53. The number of hydrogen-bond acceptors (Lipinski definition) is 3. The Morgan fingerprint density at radius 2 is 2.11 bits per heavy atom. The summed E-state index contributed by atoms with van der Waals surface area (Å²) >= 11 is 0. The molecule has 0 spiro atoms. The van der Waals surface area contributed by atoms with Crippen molar-refractivity contribution in [2.75, 3.05) is 26.7 Å². The number of piperidine rings is 1. The van der Waals surface area contributed by atoms with Crippen molar-refractivity contribution in [3.63, 3.8) is 0 Å². The van der Waals surface area contributed by atoms with Crippen LogP contribution in [0.5, 0.6) is 0 Å². The van der Waals surface area contributed by atoms with Gasteiger partial charge in [-0.05, 0) is 71.8 Å². The van der Waals surface area contributed by atoms with E-state index >= 15 is 0 Å². The van der Waals surface area contributed by atoms with Gasteiger partial charge in [-0.1, -0.05) is 0 Å². The molecule has 0 aliphatic carbocycles. The van der Waals surface area contributed by atoms with Crippen LogP contribution < -0.4 is 5.32 Å². The van der Waals surface area contributed by atoms with Crippen LogP contribution in [0.15, 0.2) is 6.07 Å². The highest BCUT2D eigenvalue weighted by molar-refractivity contribution is 5.09. The standard InChI is InChI=1S/C15H28N4/c1-4-19-15(11-13(2)17-19)12-18-9-6-14(7-10-18)5-8-16-3/h11,14,16H,4-10,12H2,1-3H3. The van der Waals surface area contributed by atoms with Crippen molar-refractivity contribution < 1.29 is 0 Å². The van der Waals surface area contributed by atoms with Crippen molar-refractivity contribution in [3.05, 3.63) is 17.5 Å². The number of aryl methyl sites for hydroxylation is 2. The van der Waals surface area contributed by atoms with Crippen LogP contribution in [0.3, 0.4) is 0 Å². The van der Waals surface area contributed by atoms with Crippen molar-refractivity contribution >= 4 is 0 Å². The maximum atomic E-state index is 4.53. The third kappa shape index (κ3) is 4.05. The SMILES string of the molecule is CCn1nc(C)cc1CN1CCC(CCNC)CC1. The molecule has 2 heterocycles. The highest BCUT2D eigenvalue weighted by atomic mass is 15.3. The smallest absolute Gasteiger partial charge is 0.0597 e. The second kappa shape index (κ2) is 7.06. The summed E-state index contributed by atoms with van der Waals surface area (Å²) in [5, 5.41) is 7.79. The van der Waals surface area contributed by atoms with Gasteiger partial charge in [0.1, 0.15) is 0 Å². The van der Waals surface area contributed by atoms with Crippen LogP contribution in [0.1, 0.15) is 37.6 Å². The number of rotatable bonds is 6. The lowest BCUT2D eigenvalue weighted by Crippen LogP contribution is -2.34. The van der Waals surface area contributed by atoms with E-state index in [0.29, 0.717) is 0 Å². The van der Waals surface area contributed by atoms with Gasteiger partial charge in [0, 0.05) is 13.1 Å². The third-order valence-electron chi connectivity index (χ3n) is 4.18. The molecule has 0 radical (unpaired) electrons. The van der Waals surface area contributed by atoms with Gasteiger partial charge in [0.2, 0.25) is 0 Å². The average Bonchev–Trinajstić information content (AvgIpc) is 2.78. The molecule has 2 rings (SSSR count). The zero-order chi connectivity index (χ0) is 13.7. The van der Waals surface area contributed by atoms with Gasteiger partial charge in [-0.3, -0.25) is 9.58 Å². The molecule has 108 valence electrons. The zero-order valence-electron chi connectivity index (χ0n) is 12.7. The summed E-state index contributed by atoms with van der Waals surface area (Å²) < 4.78 is 2.14. The van der Waals surface area contributed by atoms with Crippen LogP contribution in [0, 0.1) is 12.8 Å². The van der Waals surface area contributed by atoms with E-state index in [2.05, 4.69) is 39.9 Å². The Bertz CT molecular complexity index is 377. The number of likely N-dealkylation sites (tertiary alicyclic amines) is 1. The molecule has 1 aromatic heterocycles. The van der Waals surface area contributed by atoms with E-state index in [4.69, 9.17) is 0 Å². The van der Waals surface area contributed by atoms with Crippen molar-refractivity contribution in [2.45, 2.75) is 46.2 Å². The third-order valence-corrected chi connectivity index (χ3v) is 4.18. The number of aromatic nitrogens is 2. The Morgan fingerprint density at radius 3 is 2.74 bits per heavy atom. The molecule has 0 aromatic carbocycles. The molecule has 1 fully saturated rings. The Balaban J connectivity index is 1.81.